The Morgan fingerprint density at radius 3 is 2.57 bits per heavy atom. The molecular weight excluding hydrogens is 198 g/mol. The summed E-state index contributed by atoms with van der Waals surface area (Å²) >= 11 is 6.14. The van der Waals surface area contributed by atoms with Crippen molar-refractivity contribution in [1.82, 2.24) is 0 Å². The first kappa shape index (κ1) is 11.2. The summed E-state index contributed by atoms with van der Waals surface area (Å²) in [4.78, 5) is 0. The van der Waals surface area contributed by atoms with Gasteiger partial charge in [-0.1, -0.05) is 11.6 Å². The summed E-state index contributed by atoms with van der Waals surface area (Å²) in [6, 6.07) is 1.96. The summed E-state index contributed by atoms with van der Waals surface area (Å²) in [6.07, 6.45) is 0. The lowest BCUT2D eigenvalue weighted by atomic mass is 10.1. The lowest BCUT2D eigenvalue weighted by Gasteiger charge is -2.15. The van der Waals surface area contributed by atoms with Gasteiger partial charge in [0.05, 0.1) is 12.3 Å². The van der Waals surface area contributed by atoms with Crippen LogP contribution in [0, 0.1) is 13.8 Å². The quantitative estimate of drug-likeness (QED) is 0.831. The Morgan fingerprint density at radius 2 is 2.07 bits per heavy atom. The molecule has 0 amide bonds. The standard InChI is InChI=1S/C11H16ClNO/c1-5-14-9-6-7(2)10(12)8(3)11(9)13-4/h6,13H,5H2,1-4H3. The molecule has 0 atom stereocenters. The van der Waals surface area contributed by atoms with Crippen LogP contribution in [-0.4, -0.2) is 13.7 Å². The van der Waals surface area contributed by atoms with Crippen molar-refractivity contribution in [3.05, 3.63) is 22.2 Å². The van der Waals surface area contributed by atoms with Crippen LogP contribution in [0.1, 0.15) is 18.1 Å². The molecule has 0 heterocycles. The van der Waals surface area contributed by atoms with E-state index >= 15 is 0 Å². The lowest BCUT2D eigenvalue weighted by Crippen LogP contribution is -2.01. The second-order valence-corrected chi connectivity index (χ2v) is 3.57. The Bertz CT molecular complexity index is 337. The van der Waals surface area contributed by atoms with E-state index < -0.39 is 0 Å². The summed E-state index contributed by atoms with van der Waals surface area (Å²) in [5.74, 6) is 0.870. The minimum Gasteiger partial charge on any atom is -0.492 e. The van der Waals surface area contributed by atoms with Crippen molar-refractivity contribution in [1.29, 1.82) is 0 Å². The summed E-state index contributed by atoms with van der Waals surface area (Å²) in [5, 5.41) is 3.91. The molecule has 78 valence electrons. The molecule has 1 rings (SSSR count). The highest BCUT2D eigenvalue weighted by atomic mass is 35.5. The van der Waals surface area contributed by atoms with Crippen LogP contribution in [0.25, 0.3) is 0 Å². The molecule has 0 aliphatic rings. The van der Waals surface area contributed by atoms with Crippen molar-refractivity contribution < 1.29 is 4.74 Å². The number of hydrogen-bond donors (Lipinski definition) is 1. The highest BCUT2D eigenvalue weighted by Crippen LogP contribution is 2.35. The summed E-state index contributed by atoms with van der Waals surface area (Å²) in [5.41, 5.74) is 3.06. The number of aryl methyl sites for hydroxylation is 1. The fourth-order valence-corrected chi connectivity index (χ4v) is 1.65. The molecule has 0 unspecified atom stereocenters. The van der Waals surface area contributed by atoms with Crippen LogP contribution >= 0.6 is 11.6 Å². The van der Waals surface area contributed by atoms with Crippen LogP contribution in [0.15, 0.2) is 6.07 Å². The van der Waals surface area contributed by atoms with Crippen molar-refractivity contribution >= 4 is 17.3 Å². The number of benzene rings is 1. The zero-order valence-electron chi connectivity index (χ0n) is 9.07. The summed E-state index contributed by atoms with van der Waals surface area (Å²) in [7, 11) is 1.87. The first-order chi connectivity index (χ1) is 6.61. The number of nitrogens with one attached hydrogen (secondary N) is 1. The maximum atomic E-state index is 6.14. The van der Waals surface area contributed by atoms with Gasteiger partial charge in [0.15, 0.2) is 0 Å². The van der Waals surface area contributed by atoms with E-state index in [0.29, 0.717) is 6.61 Å². The Hall–Kier alpha value is -0.890. The predicted molar refractivity (Wildman–Crippen MR) is 61.6 cm³/mol. The molecule has 0 aliphatic carbocycles. The molecule has 0 saturated heterocycles. The van der Waals surface area contributed by atoms with E-state index in [9.17, 15) is 0 Å². The molecule has 1 aromatic rings. The molecular formula is C11H16ClNO. The van der Waals surface area contributed by atoms with Crippen molar-refractivity contribution in [2.75, 3.05) is 19.0 Å². The van der Waals surface area contributed by atoms with Crippen LogP contribution in [0.3, 0.4) is 0 Å². The van der Waals surface area contributed by atoms with Gasteiger partial charge < -0.3 is 10.1 Å². The highest BCUT2D eigenvalue weighted by Gasteiger charge is 2.11. The van der Waals surface area contributed by atoms with Crippen LogP contribution < -0.4 is 10.1 Å². The number of hydrogen-bond acceptors (Lipinski definition) is 2. The van der Waals surface area contributed by atoms with Crippen LogP contribution in [0.4, 0.5) is 5.69 Å². The van der Waals surface area contributed by atoms with Gasteiger partial charge in [-0.25, -0.2) is 0 Å². The maximum Gasteiger partial charge on any atom is 0.142 e. The van der Waals surface area contributed by atoms with E-state index in [0.717, 1.165) is 27.6 Å². The molecule has 2 nitrogen and oxygen atoms in total. The van der Waals surface area contributed by atoms with Crippen molar-refractivity contribution in [3.63, 3.8) is 0 Å². The average Bonchev–Trinajstić information content (AvgIpc) is 2.16. The van der Waals surface area contributed by atoms with Gasteiger partial charge in [0.2, 0.25) is 0 Å². The average molecular weight is 214 g/mol. The number of halogens is 1. The van der Waals surface area contributed by atoms with Crippen molar-refractivity contribution in [2.45, 2.75) is 20.8 Å². The molecule has 0 aromatic heterocycles. The second kappa shape index (κ2) is 4.56. The van der Waals surface area contributed by atoms with Gasteiger partial charge in [0.25, 0.3) is 0 Å². The van der Waals surface area contributed by atoms with Crippen LogP contribution in [0.2, 0.25) is 5.02 Å². The lowest BCUT2D eigenvalue weighted by molar-refractivity contribution is 0.341. The number of ether oxygens (including phenoxy) is 1. The first-order valence-electron chi connectivity index (χ1n) is 4.72. The monoisotopic (exact) mass is 213 g/mol. The predicted octanol–water partition coefficient (Wildman–Crippen LogP) is 3.40. The van der Waals surface area contributed by atoms with E-state index in [4.69, 9.17) is 16.3 Å². The molecule has 3 heteroatoms. The fourth-order valence-electron chi connectivity index (χ4n) is 1.50. The van der Waals surface area contributed by atoms with Gasteiger partial charge in [-0.15, -0.1) is 0 Å². The van der Waals surface area contributed by atoms with E-state index in [1.54, 1.807) is 0 Å². The highest BCUT2D eigenvalue weighted by molar-refractivity contribution is 6.32. The minimum atomic E-state index is 0.662. The minimum absolute atomic E-state index is 0.662. The smallest absolute Gasteiger partial charge is 0.142 e. The number of rotatable bonds is 3. The third-order valence-electron chi connectivity index (χ3n) is 2.19. The SMILES string of the molecule is CCOc1cc(C)c(Cl)c(C)c1NC. The maximum absolute atomic E-state index is 6.14. The van der Waals surface area contributed by atoms with Gasteiger partial charge in [-0.2, -0.15) is 0 Å². The van der Waals surface area contributed by atoms with Gasteiger partial charge in [0.1, 0.15) is 5.75 Å². The van der Waals surface area contributed by atoms with Crippen molar-refractivity contribution in [2.24, 2.45) is 0 Å². The van der Waals surface area contributed by atoms with Crippen molar-refractivity contribution in [3.8, 4) is 5.75 Å². The Kier molecular flexibility index (Phi) is 3.64. The molecule has 0 aliphatic heterocycles. The molecule has 14 heavy (non-hydrogen) atoms. The Labute approximate surface area is 90.2 Å². The molecule has 0 spiro atoms. The normalized spacial score (nSPS) is 10.1. The largest absolute Gasteiger partial charge is 0.492 e. The molecule has 1 aromatic carbocycles. The zero-order chi connectivity index (χ0) is 10.7. The second-order valence-electron chi connectivity index (χ2n) is 3.19. The molecule has 0 bridgehead atoms. The van der Waals surface area contributed by atoms with Gasteiger partial charge in [0, 0.05) is 12.1 Å². The zero-order valence-corrected chi connectivity index (χ0v) is 9.83. The van der Waals surface area contributed by atoms with E-state index in [2.05, 4.69) is 5.32 Å². The third kappa shape index (κ3) is 1.95. The Morgan fingerprint density at radius 1 is 1.43 bits per heavy atom. The Balaban J connectivity index is 3.28. The van der Waals surface area contributed by atoms with E-state index in [-0.39, 0.29) is 0 Å². The molecule has 0 saturated carbocycles. The van der Waals surface area contributed by atoms with Gasteiger partial charge in [-0.3, -0.25) is 0 Å². The van der Waals surface area contributed by atoms with Gasteiger partial charge in [-0.05, 0) is 38.0 Å². The third-order valence-corrected chi connectivity index (χ3v) is 2.78. The summed E-state index contributed by atoms with van der Waals surface area (Å²) < 4.78 is 5.52. The first-order valence-corrected chi connectivity index (χ1v) is 5.09. The topological polar surface area (TPSA) is 21.3 Å². The van der Waals surface area contributed by atoms with Crippen LogP contribution in [-0.2, 0) is 0 Å². The molecule has 0 fully saturated rings. The van der Waals surface area contributed by atoms with Crippen LogP contribution in [0.5, 0.6) is 5.75 Å². The molecule has 1 N–H and O–H groups in total. The number of anilines is 1. The fraction of sp³-hybridized carbons (Fsp3) is 0.455. The van der Waals surface area contributed by atoms with E-state index in [1.807, 2.05) is 33.9 Å². The summed E-state index contributed by atoms with van der Waals surface area (Å²) in [6.45, 7) is 6.61. The van der Waals surface area contributed by atoms with E-state index in [1.165, 1.54) is 0 Å². The van der Waals surface area contributed by atoms with Gasteiger partial charge >= 0.3 is 0 Å². The molecule has 0 radical (unpaired) electrons.